The second-order valence-corrected chi connectivity index (χ2v) is 16.6. The van der Waals surface area contributed by atoms with Crippen LogP contribution in [0.2, 0.25) is 0 Å². The predicted octanol–water partition coefficient (Wildman–Crippen LogP) is 13.7. The van der Waals surface area contributed by atoms with Gasteiger partial charge in [-0.25, -0.2) is 0 Å². The molecule has 1 saturated carbocycles. The van der Waals surface area contributed by atoms with E-state index in [4.69, 9.17) is 14.2 Å². The Morgan fingerprint density at radius 2 is 0.836 bits per heavy atom. The molecule has 0 spiro atoms. The Hall–Kier alpha value is -2.05. The van der Waals surface area contributed by atoms with Crippen LogP contribution in [-0.2, 0) is 28.6 Å². The van der Waals surface area contributed by atoms with Gasteiger partial charge in [-0.3, -0.25) is 14.4 Å². The SMILES string of the molecule is CCCCCCCCC(CCCCCC)C(=O)OCCCCCC(NCC(=O)OCCCCOC(=O)C(CCCCCC)CCCCCCCC)=C1CCC1. The molecule has 322 valence electrons. The van der Waals surface area contributed by atoms with Crippen LogP contribution in [0.1, 0.15) is 240 Å². The molecule has 2 unspecified atom stereocenters. The fraction of sp³-hybridized carbons (Fsp3) is 0.896. The molecule has 2 atom stereocenters. The molecule has 1 aliphatic rings. The van der Waals surface area contributed by atoms with Gasteiger partial charge in [0.2, 0.25) is 0 Å². The number of carbonyl (C=O) groups is 3. The van der Waals surface area contributed by atoms with Crippen LogP contribution in [0.25, 0.3) is 0 Å². The molecular formula is C48H89NO6. The summed E-state index contributed by atoms with van der Waals surface area (Å²) in [4.78, 5) is 38.4. The molecule has 0 aromatic carbocycles. The predicted molar refractivity (Wildman–Crippen MR) is 230 cm³/mol. The van der Waals surface area contributed by atoms with E-state index in [2.05, 4.69) is 33.0 Å². The molecule has 0 aliphatic heterocycles. The third kappa shape index (κ3) is 28.9. The first-order valence-corrected chi connectivity index (χ1v) is 23.9. The monoisotopic (exact) mass is 776 g/mol. The maximum atomic E-state index is 13.0. The van der Waals surface area contributed by atoms with Gasteiger partial charge in [0.1, 0.15) is 6.54 Å². The highest BCUT2D eigenvalue weighted by Crippen LogP contribution is 2.30. The average Bonchev–Trinajstić information content (AvgIpc) is 3.16. The first-order valence-electron chi connectivity index (χ1n) is 23.9. The van der Waals surface area contributed by atoms with E-state index in [9.17, 15) is 14.4 Å². The van der Waals surface area contributed by atoms with Crippen LogP contribution in [0.3, 0.4) is 0 Å². The maximum absolute atomic E-state index is 13.0. The summed E-state index contributed by atoms with van der Waals surface area (Å²) in [5.74, 6) is -0.182. The van der Waals surface area contributed by atoms with E-state index in [1.54, 1.807) is 0 Å². The van der Waals surface area contributed by atoms with E-state index in [-0.39, 0.29) is 36.3 Å². The summed E-state index contributed by atoms with van der Waals surface area (Å²) in [7, 11) is 0. The molecule has 1 rings (SSSR count). The Balaban J connectivity index is 2.29. The molecular weight excluding hydrogens is 687 g/mol. The standard InChI is InChI=1S/C48H89NO6/c1-5-9-13-17-19-24-33-43(31-22-15-11-7-3)47(51)54-39-27-21-26-37-45(42-35-30-36-42)49-41-46(50)53-38-28-29-40-55-48(52)44(32-23-16-12-8-4)34-25-20-18-14-10-6-2/h43-44,49H,5-41H2,1-4H3. The molecule has 7 heteroatoms. The number of ether oxygens (including phenoxy) is 3. The largest absolute Gasteiger partial charge is 0.465 e. The zero-order valence-corrected chi connectivity index (χ0v) is 36.8. The minimum atomic E-state index is -0.238. The van der Waals surface area contributed by atoms with Crippen molar-refractivity contribution in [2.45, 2.75) is 240 Å². The van der Waals surface area contributed by atoms with Crippen molar-refractivity contribution in [3.8, 4) is 0 Å². The molecule has 0 heterocycles. The summed E-state index contributed by atoms with van der Waals surface area (Å²) >= 11 is 0. The smallest absolute Gasteiger partial charge is 0.325 e. The normalized spacial score (nSPS) is 13.6. The van der Waals surface area contributed by atoms with Crippen molar-refractivity contribution in [1.82, 2.24) is 5.32 Å². The van der Waals surface area contributed by atoms with Gasteiger partial charge in [0.15, 0.2) is 0 Å². The van der Waals surface area contributed by atoms with Gasteiger partial charge in [-0.05, 0) is 83.5 Å². The molecule has 0 aromatic rings. The molecule has 1 fully saturated rings. The Bertz CT molecular complexity index is 958. The van der Waals surface area contributed by atoms with E-state index >= 15 is 0 Å². The van der Waals surface area contributed by atoms with Crippen molar-refractivity contribution in [2.24, 2.45) is 11.8 Å². The molecule has 55 heavy (non-hydrogen) atoms. The van der Waals surface area contributed by atoms with E-state index in [1.165, 1.54) is 120 Å². The Morgan fingerprint density at radius 3 is 1.25 bits per heavy atom. The van der Waals surface area contributed by atoms with Crippen LogP contribution in [-0.4, -0.2) is 44.3 Å². The minimum Gasteiger partial charge on any atom is -0.465 e. The Kier molecular flexibility index (Phi) is 34.8. The van der Waals surface area contributed by atoms with Gasteiger partial charge in [0.05, 0.1) is 31.7 Å². The number of carbonyl (C=O) groups excluding carboxylic acids is 3. The summed E-state index contributed by atoms with van der Waals surface area (Å²) in [6.07, 6.45) is 36.8. The van der Waals surface area contributed by atoms with Crippen molar-refractivity contribution in [1.29, 1.82) is 0 Å². The van der Waals surface area contributed by atoms with E-state index < -0.39 is 0 Å². The quantitative estimate of drug-likeness (QED) is 0.0376. The van der Waals surface area contributed by atoms with E-state index in [0.29, 0.717) is 32.7 Å². The van der Waals surface area contributed by atoms with Crippen LogP contribution in [0.4, 0.5) is 0 Å². The number of esters is 3. The van der Waals surface area contributed by atoms with E-state index in [0.717, 1.165) is 89.9 Å². The molecule has 1 N–H and O–H groups in total. The van der Waals surface area contributed by atoms with Crippen molar-refractivity contribution < 1.29 is 28.6 Å². The first-order chi connectivity index (χ1) is 27.0. The van der Waals surface area contributed by atoms with Crippen molar-refractivity contribution in [2.75, 3.05) is 26.4 Å². The van der Waals surface area contributed by atoms with Crippen molar-refractivity contribution >= 4 is 17.9 Å². The van der Waals surface area contributed by atoms with Gasteiger partial charge in [-0.2, -0.15) is 0 Å². The summed E-state index contributed by atoms with van der Waals surface area (Å²) in [6, 6.07) is 0. The summed E-state index contributed by atoms with van der Waals surface area (Å²) < 4.78 is 17.0. The molecule has 0 saturated heterocycles. The second kappa shape index (κ2) is 37.5. The van der Waals surface area contributed by atoms with Crippen molar-refractivity contribution in [3.63, 3.8) is 0 Å². The van der Waals surface area contributed by atoms with Crippen LogP contribution in [0.5, 0.6) is 0 Å². The molecule has 0 amide bonds. The fourth-order valence-corrected chi connectivity index (χ4v) is 7.56. The molecule has 0 aromatic heterocycles. The molecule has 1 aliphatic carbocycles. The number of unbranched alkanes of at least 4 members (excludes halogenated alkanes) is 19. The van der Waals surface area contributed by atoms with Crippen LogP contribution >= 0.6 is 0 Å². The topological polar surface area (TPSA) is 90.9 Å². The maximum Gasteiger partial charge on any atom is 0.325 e. The number of hydrogen-bond acceptors (Lipinski definition) is 7. The Labute approximate surface area is 340 Å². The highest BCUT2D eigenvalue weighted by atomic mass is 16.5. The van der Waals surface area contributed by atoms with Crippen LogP contribution < -0.4 is 5.32 Å². The summed E-state index contributed by atoms with van der Waals surface area (Å²) in [5.41, 5.74) is 2.63. The van der Waals surface area contributed by atoms with Crippen molar-refractivity contribution in [3.05, 3.63) is 11.3 Å². The number of nitrogens with one attached hydrogen (secondary N) is 1. The number of allylic oxidation sites excluding steroid dienone is 2. The third-order valence-corrected chi connectivity index (χ3v) is 11.5. The average molecular weight is 776 g/mol. The van der Waals surface area contributed by atoms with Crippen LogP contribution in [0, 0.1) is 11.8 Å². The lowest BCUT2D eigenvalue weighted by Gasteiger charge is -2.23. The lowest BCUT2D eigenvalue weighted by molar-refractivity contribution is -0.150. The lowest BCUT2D eigenvalue weighted by Crippen LogP contribution is -2.27. The Morgan fingerprint density at radius 1 is 0.473 bits per heavy atom. The van der Waals surface area contributed by atoms with Gasteiger partial charge in [0.25, 0.3) is 0 Å². The van der Waals surface area contributed by atoms with Gasteiger partial charge in [-0.15, -0.1) is 0 Å². The van der Waals surface area contributed by atoms with Gasteiger partial charge in [-0.1, -0.05) is 162 Å². The lowest BCUT2D eigenvalue weighted by atomic mass is 9.89. The fourth-order valence-electron chi connectivity index (χ4n) is 7.56. The zero-order chi connectivity index (χ0) is 40.0. The first kappa shape index (κ1) is 51.0. The number of hydrogen-bond donors (Lipinski definition) is 1. The summed E-state index contributed by atoms with van der Waals surface area (Å²) in [6.45, 7) is 10.4. The summed E-state index contributed by atoms with van der Waals surface area (Å²) in [5, 5.41) is 3.39. The molecule has 0 bridgehead atoms. The second-order valence-electron chi connectivity index (χ2n) is 16.6. The number of rotatable bonds is 40. The van der Waals surface area contributed by atoms with Gasteiger partial charge in [0, 0.05) is 5.70 Å². The third-order valence-electron chi connectivity index (χ3n) is 11.5. The highest BCUT2D eigenvalue weighted by molar-refractivity contribution is 5.73. The van der Waals surface area contributed by atoms with Crippen LogP contribution in [0.15, 0.2) is 11.3 Å². The zero-order valence-electron chi connectivity index (χ0n) is 36.8. The van der Waals surface area contributed by atoms with Gasteiger partial charge >= 0.3 is 17.9 Å². The van der Waals surface area contributed by atoms with E-state index in [1.807, 2.05) is 0 Å². The highest BCUT2D eigenvalue weighted by Gasteiger charge is 2.21. The van der Waals surface area contributed by atoms with Gasteiger partial charge < -0.3 is 19.5 Å². The molecule has 7 nitrogen and oxygen atoms in total. The minimum absolute atomic E-state index is 0.0177. The molecule has 0 radical (unpaired) electrons.